The van der Waals surface area contributed by atoms with Crippen LogP contribution in [0.1, 0.15) is 27.2 Å². The van der Waals surface area contributed by atoms with E-state index >= 15 is 0 Å². The fourth-order valence-corrected chi connectivity index (χ4v) is 3.16. The molecule has 1 amide bonds. The highest BCUT2D eigenvalue weighted by molar-refractivity contribution is 7.71. The molecule has 7 nitrogen and oxygen atoms in total. The summed E-state index contributed by atoms with van der Waals surface area (Å²) in [5.74, 6) is 2.15. The molecule has 0 saturated heterocycles. The summed E-state index contributed by atoms with van der Waals surface area (Å²) in [4.78, 5) is 12.4. The number of ether oxygens (including phenoxy) is 2. The van der Waals surface area contributed by atoms with E-state index in [1.54, 1.807) is 0 Å². The summed E-state index contributed by atoms with van der Waals surface area (Å²) >= 11 is 5.35. The largest absolute Gasteiger partial charge is 0.494 e. The van der Waals surface area contributed by atoms with Crippen LogP contribution in [0.3, 0.4) is 0 Å². The van der Waals surface area contributed by atoms with Crippen LogP contribution in [-0.4, -0.2) is 33.4 Å². The number of aromatic amines is 1. The predicted octanol–water partition coefficient (Wildman–Crippen LogP) is 4.82. The lowest BCUT2D eigenvalue weighted by molar-refractivity contribution is -0.116. The molecule has 0 aliphatic heterocycles. The summed E-state index contributed by atoms with van der Waals surface area (Å²) in [7, 11) is 0. The zero-order valence-corrected chi connectivity index (χ0v) is 18.2. The average molecular weight is 427 g/mol. The van der Waals surface area contributed by atoms with Crippen molar-refractivity contribution in [3.05, 3.63) is 53.3 Å². The molecule has 0 saturated carbocycles. The Morgan fingerprint density at radius 3 is 2.43 bits per heavy atom. The molecular formula is C22H26N4O3S. The number of carbonyl (C=O) groups is 1. The van der Waals surface area contributed by atoms with Gasteiger partial charge >= 0.3 is 0 Å². The molecule has 0 atom stereocenters. The second-order valence-electron chi connectivity index (χ2n) is 6.95. The first-order valence-electron chi connectivity index (χ1n) is 9.91. The van der Waals surface area contributed by atoms with Crippen molar-refractivity contribution in [1.82, 2.24) is 14.8 Å². The fourth-order valence-electron chi connectivity index (χ4n) is 2.94. The first-order chi connectivity index (χ1) is 14.5. The minimum atomic E-state index is -0.103. The molecule has 0 bridgehead atoms. The number of nitrogens with one attached hydrogen (secondary N) is 2. The molecule has 0 aliphatic carbocycles. The maximum atomic E-state index is 12.4. The molecule has 2 aromatic carbocycles. The van der Waals surface area contributed by atoms with E-state index in [1.165, 1.54) is 0 Å². The number of H-pyrrole nitrogens is 1. The van der Waals surface area contributed by atoms with Crippen LogP contribution in [0, 0.1) is 4.77 Å². The second kappa shape index (κ2) is 10.1. The molecule has 0 fully saturated rings. The van der Waals surface area contributed by atoms with Crippen LogP contribution < -0.4 is 14.8 Å². The third-order valence-electron chi connectivity index (χ3n) is 4.25. The summed E-state index contributed by atoms with van der Waals surface area (Å²) in [6, 6.07) is 15.0. The molecule has 30 heavy (non-hydrogen) atoms. The van der Waals surface area contributed by atoms with E-state index in [0.29, 0.717) is 23.7 Å². The Balaban J connectivity index is 1.62. The summed E-state index contributed by atoms with van der Waals surface area (Å²) in [6.45, 7) is 6.91. The smallest absolute Gasteiger partial charge is 0.226 e. The van der Waals surface area contributed by atoms with Crippen LogP contribution in [0.25, 0.3) is 11.4 Å². The van der Waals surface area contributed by atoms with Gasteiger partial charge in [-0.1, -0.05) is 0 Å². The van der Waals surface area contributed by atoms with Crippen molar-refractivity contribution in [3.63, 3.8) is 0 Å². The number of nitrogens with zero attached hydrogens (tertiary/aromatic N) is 2. The third-order valence-corrected chi connectivity index (χ3v) is 4.57. The Morgan fingerprint density at radius 1 is 1.13 bits per heavy atom. The number of rotatable bonds is 9. The summed E-state index contributed by atoms with van der Waals surface area (Å²) in [5, 5.41) is 10.0. The molecule has 0 unspecified atom stereocenters. The number of hydrogen-bond acceptors (Lipinski definition) is 5. The lowest BCUT2D eigenvalue weighted by atomic mass is 10.2. The molecule has 0 aliphatic rings. The Morgan fingerprint density at radius 2 is 1.80 bits per heavy atom. The highest BCUT2D eigenvalue weighted by atomic mass is 32.1. The van der Waals surface area contributed by atoms with Gasteiger partial charge in [0.15, 0.2) is 10.6 Å². The lowest BCUT2D eigenvalue weighted by Gasteiger charge is -2.11. The van der Waals surface area contributed by atoms with Crippen LogP contribution in [0.15, 0.2) is 48.5 Å². The topological polar surface area (TPSA) is 81.2 Å². The number of aromatic nitrogens is 3. The van der Waals surface area contributed by atoms with Crippen LogP contribution in [0.4, 0.5) is 5.69 Å². The van der Waals surface area contributed by atoms with Crippen LogP contribution in [-0.2, 0) is 11.3 Å². The van der Waals surface area contributed by atoms with Gasteiger partial charge in [0.2, 0.25) is 5.91 Å². The van der Waals surface area contributed by atoms with E-state index < -0.39 is 0 Å². The van der Waals surface area contributed by atoms with E-state index in [2.05, 4.69) is 15.5 Å². The van der Waals surface area contributed by atoms with Crippen molar-refractivity contribution >= 4 is 23.8 Å². The quantitative estimate of drug-likeness (QED) is 0.479. The second-order valence-corrected chi connectivity index (χ2v) is 7.34. The lowest BCUT2D eigenvalue weighted by Crippen LogP contribution is -2.15. The number of benzene rings is 2. The first-order valence-corrected chi connectivity index (χ1v) is 10.3. The summed E-state index contributed by atoms with van der Waals surface area (Å²) in [5.41, 5.74) is 1.62. The van der Waals surface area contributed by atoms with Crippen LogP contribution in [0.5, 0.6) is 11.5 Å². The fraction of sp³-hybridized carbons (Fsp3) is 0.318. The molecule has 1 heterocycles. The zero-order valence-electron chi connectivity index (χ0n) is 17.3. The Kier molecular flexibility index (Phi) is 7.24. The maximum absolute atomic E-state index is 12.4. The molecule has 3 aromatic rings. The molecule has 0 radical (unpaired) electrons. The van der Waals surface area contributed by atoms with Crippen molar-refractivity contribution in [1.29, 1.82) is 0 Å². The third kappa shape index (κ3) is 5.70. The van der Waals surface area contributed by atoms with E-state index in [1.807, 2.05) is 73.9 Å². The Labute approximate surface area is 181 Å². The van der Waals surface area contributed by atoms with Gasteiger partial charge in [0.1, 0.15) is 11.5 Å². The van der Waals surface area contributed by atoms with Crippen molar-refractivity contribution in [2.45, 2.75) is 39.8 Å². The maximum Gasteiger partial charge on any atom is 0.226 e. The van der Waals surface area contributed by atoms with Gasteiger partial charge in [-0.25, -0.2) is 0 Å². The van der Waals surface area contributed by atoms with Crippen LogP contribution in [0.2, 0.25) is 0 Å². The molecule has 2 N–H and O–H groups in total. The van der Waals surface area contributed by atoms with E-state index in [0.717, 1.165) is 22.7 Å². The summed E-state index contributed by atoms with van der Waals surface area (Å²) in [6.07, 6.45) is 0.372. The predicted molar refractivity (Wildman–Crippen MR) is 119 cm³/mol. The highest BCUT2D eigenvalue weighted by Crippen LogP contribution is 2.22. The summed E-state index contributed by atoms with van der Waals surface area (Å²) < 4.78 is 13.4. The number of amides is 1. The normalized spacial score (nSPS) is 10.8. The van der Waals surface area contributed by atoms with Crippen molar-refractivity contribution in [2.24, 2.45) is 0 Å². The van der Waals surface area contributed by atoms with Gasteiger partial charge in [-0.3, -0.25) is 14.5 Å². The van der Waals surface area contributed by atoms with Gasteiger partial charge in [0.05, 0.1) is 12.7 Å². The average Bonchev–Trinajstić information content (AvgIpc) is 3.09. The highest BCUT2D eigenvalue weighted by Gasteiger charge is 2.11. The Hall–Kier alpha value is -3.13. The Bertz CT molecular complexity index is 1020. The molecular weight excluding hydrogens is 400 g/mol. The zero-order chi connectivity index (χ0) is 21.5. The van der Waals surface area contributed by atoms with Gasteiger partial charge in [-0.2, -0.15) is 5.10 Å². The number of carbonyl (C=O) groups excluding carboxylic acids is 1. The molecule has 0 spiro atoms. The minimum absolute atomic E-state index is 0.103. The molecule has 158 valence electrons. The number of anilines is 1. The number of hydrogen-bond donors (Lipinski definition) is 2. The van der Waals surface area contributed by atoms with E-state index in [4.69, 9.17) is 21.7 Å². The molecule has 8 heteroatoms. The van der Waals surface area contributed by atoms with Crippen molar-refractivity contribution < 1.29 is 14.3 Å². The van der Waals surface area contributed by atoms with Gasteiger partial charge in [0.25, 0.3) is 0 Å². The van der Waals surface area contributed by atoms with Gasteiger partial charge in [-0.15, -0.1) is 0 Å². The van der Waals surface area contributed by atoms with E-state index in [-0.39, 0.29) is 18.4 Å². The molecule has 3 rings (SSSR count). The van der Waals surface area contributed by atoms with E-state index in [9.17, 15) is 4.79 Å². The first kappa shape index (κ1) is 21.6. The van der Waals surface area contributed by atoms with Crippen molar-refractivity contribution in [2.75, 3.05) is 11.9 Å². The van der Waals surface area contributed by atoms with Gasteiger partial charge in [-0.05, 0) is 81.5 Å². The molecule has 1 aromatic heterocycles. The SMILES string of the molecule is CCOc1ccc(-c2n[nH]c(=S)n2CCC(=O)Nc2ccc(OC(C)C)cc2)cc1. The standard InChI is InChI=1S/C22H26N4O3S/c1-4-28-18-9-5-16(6-10-18)21-24-25-22(30)26(21)14-13-20(27)23-17-7-11-19(12-8-17)29-15(2)3/h5-12,15H,4,13-14H2,1-3H3,(H,23,27)(H,25,30). The minimum Gasteiger partial charge on any atom is -0.494 e. The monoisotopic (exact) mass is 426 g/mol. The van der Waals surface area contributed by atoms with Crippen molar-refractivity contribution in [3.8, 4) is 22.9 Å². The van der Waals surface area contributed by atoms with Gasteiger partial charge < -0.3 is 14.8 Å². The van der Waals surface area contributed by atoms with Crippen LogP contribution >= 0.6 is 12.2 Å². The van der Waals surface area contributed by atoms with Gasteiger partial charge in [0, 0.05) is 24.2 Å².